The van der Waals surface area contributed by atoms with Crippen LogP contribution in [0.5, 0.6) is 0 Å². The van der Waals surface area contributed by atoms with E-state index < -0.39 is 11.9 Å². The van der Waals surface area contributed by atoms with Gasteiger partial charge in [-0.1, -0.05) is 28.1 Å². The first-order valence-corrected chi connectivity index (χ1v) is 5.30. The van der Waals surface area contributed by atoms with E-state index in [0.29, 0.717) is 5.56 Å². The number of imide groups is 1. The highest BCUT2D eigenvalue weighted by Gasteiger charge is 2.10. The zero-order valence-corrected chi connectivity index (χ0v) is 10.2. The molecule has 0 fully saturated rings. The third-order valence-electron chi connectivity index (χ3n) is 1.78. The molecule has 1 rings (SSSR count). The van der Waals surface area contributed by atoms with E-state index in [1.807, 2.05) is 5.32 Å². The molecule has 0 aromatic heterocycles. The van der Waals surface area contributed by atoms with Gasteiger partial charge in [0.1, 0.15) is 11.6 Å². The van der Waals surface area contributed by atoms with Crippen LogP contribution in [0.2, 0.25) is 0 Å². The topological polar surface area (TPSA) is 96.0 Å². The number of benzene rings is 1. The van der Waals surface area contributed by atoms with Gasteiger partial charge in [0.05, 0.1) is 0 Å². The number of nitrogens with zero attached hydrogens (tertiary/aromatic N) is 1. The van der Waals surface area contributed by atoms with Crippen molar-refractivity contribution >= 4 is 33.9 Å². The van der Waals surface area contributed by atoms with Crippen LogP contribution in [0.1, 0.15) is 5.56 Å². The van der Waals surface area contributed by atoms with Crippen LogP contribution in [-0.4, -0.2) is 11.9 Å². The molecule has 0 saturated carbocycles. The molecule has 0 aliphatic rings. The third kappa shape index (κ3) is 4.09. The number of carbonyl (C=O) groups is 2. The predicted molar refractivity (Wildman–Crippen MR) is 65.5 cm³/mol. The SMILES string of the molecule is N#C/C(=C/c1ccc(Br)cc1)C(=O)NC(N)=O. The lowest BCUT2D eigenvalue weighted by Crippen LogP contribution is -2.35. The Labute approximate surface area is 106 Å². The first-order valence-electron chi connectivity index (χ1n) is 4.51. The molecule has 0 spiro atoms. The van der Waals surface area contributed by atoms with Crippen LogP contribution in [0, 0.1) is 11.3 Å². The van der Waals surface area contributed by atoms with E-state index in [9.17, 15) is 9.59 Å². The molecule has 86 valence electrons. The van der Waals surface area contributed by atoms with Crippen molar-refractivity contribution < 1.29 is 9.59 Å². The van der Waals surface area contributed by atoms with Gasteiger partial charge in [0, 0.05) is 4.47 Å². The molecule has 17 heavy (non-hydrogen) atoms. The van der Waals surface area contributed by atoms with Gasteiger partial charge >= 0.3 is 6.03 Å². The average molecular weight is 294 g/mol. The average Bonchev–Trinajstić information content (AvgIpc) is 2.27. The molecule has 0 bridgehead atoms. The summed E-state index contributed by atoms with van der Waals surface area (Å²) in [5, 5.41) is 10.6. The Hall–Kier alpha value is -2.13. The number of amides is 3. The van der Waals surface area contributed by atoms with Crippen molar-refractivity contribution in [1.29, 1.82) is 5.26 Å². The summed E-state index contributed by atoms with van der Waals surface area (Å²) in [6.45, 7) is 0. The van der Waals surface area contributed by atoms with Gasteiger partial charge in [0.15, 0.2) is 0 Å². The van der Waals surface area contributed by atoms with Gasteiger partial charge in [-0.05, 0) is 23.8 Å². The lowest BCUT2D eigenvalue weighted by molar-refractivity contribution is -0.115. The number of rotatable bonds is 2. The van der Waals surface area contributed by atoms with Gasteiger partial charge < -0.3 is 5.73 Å². The highest BCUT2D eigenvalue weighted by Crippen LogP contribution is 2.13. The summed E-state index contributed by atoms with van der Waals surface area (Å²) in [5.74, 6) is -0.817. The van der Waals surface area contributed by atoms with Gasteiger partial charge in [0.2, 0.25) is 0 Å². The number of urea groups is 1. The van der Waals surface area contributed by atoms with Crippen LogP contribution in [0.4, 0.5) is 4.79 Å². The Kier molecular flexibility index (Phi) is 4.43. The Morgan fingerprint density at radius 1 is 1.35 bits per heavy atom. The van der Waals surface area contributed by atoms with Gasteiger partial charge in [0.25, 0.3) is 5.91 Å². The molecule has 0 heterocycles. The highest BCUT2D eigenvalue weighted by atomic mass is 79.9. The summed E-state index contributed by atoms with van der Waals surface area (Å²) in [7, 11) is 0. The molecule has 1 aromatic carbocycles. The van der Waals surface area contributed by atoms with E-state index in [4.69, 9.17) is 11.0 Å². The van der Waals surface area contributed by atoms with Gasteiger partial charge in [-0.3, -0.25) is 10.1 Å². The van der Waals surface area contributed by atoms with E-state index in [2.05, 4.69) is 15.9 Å². The minimum Gasteiger partial charge on any atom is -0.351 e. The molecule has 3 amide bonds. The maximum absolute atomic E-state index is 11.3. The molecule has 0 aliphatic heterocycles. The number of nitrogens with one attached hydrogen (secondary N) is 1. The molecule has 3 N–H and O–H groups in total. The summed E-state index contributed by atoms with van der Waals surface area (Å²) >= 11 is 3.26. The van der Waals surface area contributed by atoms with Crippen molar-refractivity contribution in [2.75, 3.05) is 0 Å². The van der Waals surface area contributed by atoms with Crippen LogP contribution in [0.15, 0.2) is 34.3 Å². The Morgan fingerprint density at radius 2 is 1.94 bits per heavy atom. The van der Waals surface area contributed by atoms with Crippen LogP contribution in [0.3, 0.4) is 0 Å². The van der Waals surface area contributed by atoms with Crippen LogP contribution >= 0.6 is 15.9 Å². The summed E-state index contributed by atoms with van der Waals surface area (Å²) in [6, 6.07) is 7.69. The van der Waals surface area contributed by atoms with Crippen molar-refractivity contribution in [3.63, 3.8) is 0 Å². The fourth-order valence-corrected chi connectivity index (χ4v) is 1.32. The van der Waals surface area contributed by atoms with Gasteiger partial charge in [-0.2, -0.15) is 5.26 Å². The van der Waals surface area contributed by atoms with Crippen molar-refractivity contribution in [2.24, 2.45) is 5.73 Å². The van der Waals surface area contributed by atoms with Crippen molar-refractivity contribution in [3.8, 4) is 6.07 Å². The lowest BCUT2D eigenvalue weighted by Gasteiger charge is -1.99. The number of nitrogens with two attached hydrogens (primary N) is 1. The van der Waals surface area contributed by atoms with Gasteiger partial charge in [-0.25, -0.2) is 4.79 Å². The van der Waals surface area contributed by atoms with E-state index in [-0.39, 0.29) is 5.57 Å². The van der Waals surface area contributed by atoms with Crippen LogP contribution in [-0.2, 0) is 4.79 Å². The summed E-state index contributed by atoms with van der Waals surface area (Å²) in [4.78, 5) is 21.8. The minimum absolute atomic E-state index is 0.189. The zero-order valence-electron chi connectivity index (χ0n) is 8.61. The molecule has 1 aromatic rings. The number of hydrogen-bond donors (Lipinski definition) is 2. The fourth-order valence-electron chi connectivity index (χ4n) is 1.05. The molecular formula is C11H8BrN3O2. The van der Waals surface area contributed by atoms with Crippen LogP contribution in [0.25, 0.3) is 6.08 Å². The van der Waals surface area contributed by atoms with Crippen molar-refractivity contribution in [1.82, 2.24) is 5.32 Å². The maximum atomic E-state index is 11.3. The molecule has 5 nitrogen and oxygen atoms in total. The standard InChI is InChI=1S/C11H8BrN3O2/c12-9-3-1-7(2-4-9)5-8(6-13)10(16)15-11(14)17/h1-5H,(H3,14,15,16,17)/b8-5-. The predicted octanol–water partition coefficient (Wildman–Crippen LogP) is 1.55. The Morgan fingerprint density at radius 3 is 2.41 bits per heavy atom. The van der Waals surface area contributed by atoms with Gasteiger partial charge in [-0.15, -0.1) is 0 Å². The molecule has 0 aliphatic carbocycles. The quantitative estimate of drug-likeness (QED) is 0.639. The number of nitriles is 1. The normalized spacial score (nSPS) is 10.5. The molecule has 0 radical (unpaired) electrons. The molecule has 0 saturated heterocycles. The first-order chi connectivity index (χ1) is 8.02. The number of hydrogen-bond acceptors (Lipinski definition) is 3. The third-order valence-corrected chi connectivity index (χ3v) is 2.31. The second kappa shape index (κ2) is 5.82. The number of primary amides is 1. The van der Waals surface area contributed by atoms with Crippen molar-refractivity contribution in [3.05, 3.63) is 39.9 Å². The number of halogens is 1. The summed E-state index contributed by atoms with van der Waals surface area (Å²) in [5.41, 5.74) is 5.27. The van der Waals surface area contributed by atoms with Crippen LogP contribution < -0.4 is 11.1 Å². The van der Waals surface area contributed by atoms with E-state index in [1.54, 1.807) is 30.3 Å². The largest absolute Gasteiger partial charge is 0.351 e. The second-order valence-electron chi connectivity index (χ2n) is 3.04. The van der Waals surface area contributed by atoms with E-state index in [0.717, 1.165) is 4.47 Å². The fraction of sp³-hybridized carbons (Fsp3) is 0. The Bertz CT molecular complexity index is 515. The molecular weight excluding hydrogens is 286 g/mol. The number of carbonyl (C=O) groups excluding carboxylic acids is 2. The molecule has 0 atom stereocenters. The molecule has 6 heteroatoms. The highest BCUT2D eigenvalue weighted by molar-refractivity contribution is 9.10. The lowest BCUT2D eigenvalue weighted by atomic mass is 10.1. The second-order valence-corrected chi connectivity index (χ2v) is 3.96. The zero-order chi connectivity index (χ0) is 12.8. The van der Waals surface area contributed by atoms with E-state index in [1.165, 1.54) is 6.08 Å². The maximum Gasteiger partial charge on any atom is 0.319 e. The monoisotopic (exact) mass is 293 g/mol. The smallest absolute Gasteiger partial charge is 0.319 e. The Balaban J connectivity index is 2.95. The first kappa shape index (κ1) is 12.9. The van der Waals surface area contributed by atoms with Crippen molar-refractivity contribution in [2.45, 2.75) is 0 Å². The summed E-state index contributed by atoms with van der Waals surface area (Å²) < 4.78 is 0.884. The molecule has 0 unspecified atom stereocenters. The minimum atomic E-state index is -0.994. The van der Waals surface area contributed by atoms with E-state index >= 15 is 0 Å². The summed E-state index contributed by atoms with van der Waals surface area (Å²) in [6.07, 6.45) is 1.37.